The van der Waals surface area contributed by atoms with Crippen LogP contribution in [0.2, 0.25) is 0 Å². The highest BCUT2D eigenvalue weighted by molar-refractivity contribution is 5.95. The lowest BCUT2D eigenvalue weighted by Crippen LogP contribution is -2.46. The predicted molar refractivity (Wildman–Crippen MR) is 72.9 cm³/mol. The summed E-state index contributed by atoms with van der Waals surface area (Å²) in [4.78, 5) is 25.1. The fraction of sp³-hybridized carbons (Fsp3) is 0.846. The average Bonchev–Trinajstić information content (AvgIpc) is 2.39. The Kier molecular flexibility index (Phi) is 7.43. The maximum Gasteiger partial charge on any atom is 0.321 e. The minimum Gasteiger partial charge on any atom is -0.383 e. The number of nitrogens with one attached hydrogen (secondary N) is 2. The summed E-state index contributed by atoms with van der Waals surface area (Å²) in [6.45, 7) is 1.10. The van der Waals surface area contributed by atoms with Crippen molar-refractivity contribution in [1.29, 1.82) is 0 Å². The van der Waals surface area contributed by atoms with Gasteiger partial charge in [0, 0.05) is 19.7 Å². The maximum absolute atomic E-state index is 11.7. The summed E-state index contributed by atoms with van der Waals surface area (Å²) in [6.07, 6.45) is 6.04. The molecule has 19 heavy (non-hydrogen) atoms. The molecule has 1 saturated carbocycles. The second-order valence-electron chi connectivity index (χ2n) is 5.00. The van der Waals surface area contributed by atoms with Crippen molar-refractivity contribution in [2.24, 2.45) is 0 Å². The van der Waals surface area contributed by atoms with E-state index in [2.05, 4.69) is 10.6 Å². The third kappa shape index (κ3) is 6.54. The van der Waals surface area contributed by atoms with Crippen molar-refractivity contribution in [3.05, 3.63) is 0 Å². The number of carbonyl (C=O) groups excluding carboxylic acids is 2. The Balaban J connectivity index is 2.20. The smallest absolute Gasteiger partial charge is 0.321 e. The summed E-state index contributed by atoms with van der Waals surface area (Å²) in [5.41, 5.74) is 0. The number of ether oxygens (including phenoxy) is 1. The van der Waals surface area contributed by atoms with Crippen molar-refractivity contribution in [3.63, 3.8) is 0 Å². The Morgan fingerprint density at radius 2 is 1.95 bits per heavy atom. The number of nitrogens with zero attached hydrogens (tertiary/aromatic N) is 1. The molecule has 0 aromatic heterocycles. The maximum atomic E-state index is 11.7. The highest BCUT2D eigenvalue weighted by Gasteiger charge is 2.20. The Bertz CT molecular complexity index is 291. The van der Waals surface area contributed by atoms with Crippen molar-refractivity contribution in [2.45, 2.75) is 38.1 Å². The summed E-state index contributed by atoms with van der Waals surface area (Å²) in [7, 11) is 3.50. The summed E-state index contributed by atoms with van der Waals surface area (Å²) in [6, 6.07) is 0.00940. The van der Waals surface area contributed by atoms with E-state index in [1.165, 1.54) is 19.3 Å². The molecule has 0 atom stereocenters. The van der Waals surface area contributed by atoms with Gasteiger partial charge in [0.15, 0.2) is 0 Å². The second kappa shape index (κ2) is 8.87. The Labute approximate surface area is 114 Å². The molecule has 6 nitrogen and oxygen atoms in total. The molecule has 1 fully saturated rings. The van der Waals surface area contributed by atoms with Gasteiger partial charge in [-0.15, -0.1) is 0 Å². The highest BCUT2D eigenvalue weighted by Crippen LogP contribution is 2.21. The van der Waals surface area contributed by atoms with Crippen LogP contribution in [-0.2, 0) is 9.53 Å². The van der Waals surface area contributed by atoms with Crippen molar-refractivity contribution in [3.8, 4) is 0 Å². The van der Waals surface area contributed by atoms with E-state index in [1.807, 2.05) is 11.9 Å². The van der Waals surface area contributed by atoms with E-state index in [1.54, 1.807) is 7.11 Å². The van der Waals surface area contributed by atoms with Crippen LogP contribution in [0.25, 0.3) is 0 Å². The average molecular weight is 271 g/mol. The van der Waals surface area contributed by atoms with Gasteiger partial charge < -0.3 is 10.1 Å². The van der Waals surface area contributed by atoms with Crippen LogP contribution >= 0.6 is 0 Å². The zero-order chi connectivity index (χ0) is 14.1. The monoisotopic (exact) mass is 271 g/mol. The molecule has 0 radical (unpaired) electrons. The van der Waals surface area contributed by atoms with Crippen LogP contribution in [0.15, 0.2) is 0 Å². The first-order valence-corrected chi connectivity index (χ1v) is 6.90. The van der Waals surface area contributed by atoms with E-state index in [0.717, 1.165) is 12.8 Å². The zero-order valence-corrected chi connectivity index (χ0v) is 11.9. The zero-order valence-electron chi connectivity index (χ0n) is 11.9. The first-order chi connectivity index (χ1) is 9.13. The van der Waals surface area contributed by atoms with Gasteiger partial charge in [0.05, 0.1) is 13.2 Å². The van der Waals surface area contributed by atoms with Crippen LogP contribution < -0.4 is 10.6 Å². The number of carbonyl (C=O) groups is 2. The molecule has 2 N–H and O–H groups in total. The van der Waals surface area contributed by atoms with Crippen LogP contribution in [0, 0.1) is 0 Å². The highest BCUT2D eigenvalue weighted by atomic mass is 16.5. The van der Waals surface area contributed by atoms with Gasteiger partial charge in [0.1, 0.15) is 0 Å². The molecule has 0 spiro atoms. The lowest BCUT2D eigenvalue weighted by Gasteiger charge is -2.30. The SMILES string of the molecule is COCCNC(=O)NC(=O)CN(C)C1CCCCC1. The molecule has 6 heteroatoms. The molecular weight excluding hydrogens is 246 g/mol. The standard InChI is InChI=1S/C13H25N3O3/c1-16(11-6-4-3-5-7-11)10-12(17)15-13(18)14-8-9-19-2/h11H,3-10H2,1-2H3,(H2,14,15,17,18). The van der Waals surface area contributed by atoms with Gasteiger partial charge in [-0.25, -0.2) is 4.79 Å². The van der Waals surface area contributed by atoms with Gasteiger partial charge in [-0.05, 0) is 19.9 Å². The summed E-state index contributed by atoms with van der Waals surface area (Å²) in [5, 5.41) is 4.88. The Hall–Kier alpha value is -1.14. The second-order valence-corrected chi connectivity index (χ2v) is 5.00. The van der Waals surface area contributed by atoms with Crippen molar-refractivity contribution in [2.75, 3.05) is 33.9 Å². The van der Waals surface area contributed by atoms with E-state index in [9.17, 15) is 9.59 Å². The van der Waals surface area contributed by atoms with Crippen molar-refractivity contribution >= 4 is 11.9 Å². The normalized spacial score (nSPS) is 16.4. The number of methoxy groups -OCH3 is 1. The van der Waals surface area contributed by atoms with E-state index >= 15 is 0 Å². The molecule has 0 aliphatic heterocycles. The molecule has 1 aliphatic carbocycles. The molecule has 0 bridgehead atoms. The van der Waals surface area contributed by atoms with Gasteiger partial charge in [0.25, 0.3) is 0 Å². The minimum atomic E-state index is -0.459. The van der Waals surface area contributed by atoms with E-state index in [0.29, 0.717) is 19.2 Å². The topological polar surface area (TPSA) is 70.7 Å². The van der Waals surface area contributed by atoms with Crippen molar-refractivity contribution in [1.82, 2.24) is 15.5 Å². The summed E-state index contributed by atoms with van der Waals surface area (Å²) < 4.78 is 4.81. The predicted octanol–water partition coefficient (Wildman–Crippen LogP) is 0.723. The van der Waals surface area contributed by atoms with E-state index in [-0.39, 0.29) is 12.5 Å². The molecule has 0 heterocycles. The number of hydrogen-bond donors (Lipinski definition) is 2. The molecule has 0 unspecified atom stereocenters. The molecule has 1 aliphatic rings. The Morgan fingerprint density at radius 3 is 2.58 bits per heavy atom. The number of rotatable bonds is 6. The van der Waals surface area contributed by atoms with E-state index < -0.39 is 6.03 Å². The van der Waals surface area contributed by atoms with Crippen LogP contribution in [0.5, 0.6) is 0 Å². The van der Waals surface area contributed by atoms with Crippen LogP contribution in [0.1, 0.15) is 32.1 Å². The molecule has 110 valence electrons. The Morgan fingerprint density at radius 1 is 1.26 bits per heavy atom. The number of amides is 3. The minimum absolute atomic E-state index is 0.261. The fourth-order valence-electron chi connectivity index (χ4n) is 2.35. The number of urea groups is 1. The number of likely N-dealkylation sites (N-methyl/N-ethyl adjacent to an activating group) is 1. The fourth-order valence-corrected chi connectivity index (χ4v) is 2.35. The third-order valence-electron chi connectivity index (χ3n) is 3.44. The summed E-state index contributed by atoms with van der Waals surface area (Å²) >= 11 is 0. The quantitative estimate of drug-likeness (QED) is 0.698. The summed E-state index contributed by atoms with van der Waals surface area (Å²) in [5.74, 6) is -0.261. The first kappa shape index (κ1) is 15.9. The van der Waals surface area contributed by atoms with Crippen LogP contribution in [0.3, 0.4) is 0 Å². The first-order valence-electron chi connectivity index (χ1n) is 6.90. The van der Waals surface area contributed by atoms with Gasteiger partial charge >= 0.3 is 6.03 Å². The molecule has 1 rings (SSSR count). The molecule has 0 aromatic rings. The van der Waals surface area contributed by atoms with Gasteiger partial charge in [0.2, 0.25) is 5.91 Å². The van der Waals surface area contributed by atoms with Crippen LogP contribution in [0.4, 0.5) is 4.79 Å². The molecular formula is C13H25N3O3. The van der Waals surface area contributed by atoms with Crippen molar-refractivity contribution < 1.29 is 14.3 Å². The van der Waals surface area contributed by atoms with Crippen LogP contribution in [-0.4, -0.2) is 56.7 Å². The third-order valence-corrected chi connectivity index (χ3v) is 3.44. The lowest BCUT2D eigenvalue weighted by atomic mass is 9.94. The largest absolute Gasteiger partial charge is 0.383 e. The van der Waals surface area contributed by atoms with Gasteiger partial charge in [-0.1, -0.05) is 19.3 Å². The number of imide groups is 1. The molecule has 3 amide bonds. The van der Waals surface area contributed by atoms with Gasteiger partial charge in [-0.2, -0.15) is 0 Å². The molecule has 0 saturated heterocycles. The van der Waals surface area contributed by atoms with E-state index in [4.69, 9.17) is 4.74 Å². The van der Waals surface area contributed by atoms with Gasteiger partial charge in [-0.3, -0.25) is 15.0 Å². The molecule has 0 aromatic carbocycles. The number of hydrogen-bond acceptors (Lipinski definition) is 4. The lowest BCUT2D eigenvalue weighted by molar-refractivity contribution is -0.121.